The summed E-state index contributed by atoms with van der Waals surface area (Å²) in [7, 11) is 0. The van der Waals surface area contributed by atoms with Crippen molar-refractivity contribution in [1.82, 2.24) is 0 Å². The molecule has 2 N–H and O–H groups in total. The zero-order valence-electron chi connectivity index (χ0n) is 6.60. The van der Waals surface area contributed by atoms with Gasteiger partial charge in [-0.15, -0.1) is 11.3 Å². The highest BCUT2D eigenvalue weighted by Gasteiger charge is 2.02. The Morgan fingerprint density at radius 3 is 2.92 bits per heavy atom. The number of hydrogen-bond donors (Lipinski definition) is 1. The van der Waals surface area contributed by atoms with Crippen molar-refractivity contribution in [2.24, 2.45) is 0 Å². The lowest BCUT2D eigenvalue weighted by molar-refractivity contribution is 1.59. The number of anilines is 1. The van der Waals surface area contributed by atoms with E-state index in [-0.39, 0.29) is 0 Å². The van der Waals surface area contributed by atoms with E-state index in [1.54, 1.807) is 11.3 Å². The third-order valence-electron chi connectivity index (χ3n) is 1.89. The van der Waals surface area contributed by atoms with Gasteiger partial charge in [0.1, 0.15) is 0 Å². The molecule has 0 bridgehead atoms. The van der Waals surface area contributed by atoms with Gasteiger partial charge in [-0.2, -0.15) is 0 Å². The van der Waals surface area contributed by atoms with E-state index in [0.29, 0.717) is 0 Å². The number of aryl methyl sites for hydroxylation is 1. The first-order chi connectivity index (χ1) is 5.68. The van der Waals surface area contributed by atoms with Crippen LogP contribution in [0.25, 0.3) is 10.1 Å². The van der Waals surface area contributed by atoms with Crippen molar-refractivity contribution in [3.63, 3.8) is 0 Å². The van der Waals surface area contributed by atoms with Gasteiger partial charge in [0.15, 0.2) is 0 Å². The lowest BCUT2D eigenvalue weighted by Crippen LogP contribution is -1.85. The second kappa shape index (κ2) is 2.75. The van der Waals surface area contributed by atoms with Crippen LogP contribution in [-0.2, 0) is 0 Å². The van der Waals surface area contributed by atoms with E-state index < -0.39 is 0 Å². The maximum Gasteiger partial charge on any atom is 0.0465 e. The first-order valence-electron chi connectivity index (χ1n) is 3.61. The molecular weight excluding hydrogens is 234 g/mol. The monoisotopic (exact) mass is 241 g/mol. The summed E-state index contributed by atoms with van der Waals surface area (Å²) in [6.07, 6.45) is 0. The highest BCUT2D eigenvalue weighted by molar-refractivity contribution is 9.10. The number of benzene rings is 1. The summed E-state index contributed by atoms with van der Waals surface area (Å²) in [4.78, 5) is 0. The molecule has 62 valence electrons. The van der Waals surface area contributed by atoms with E-state index in [9.17, 15) is 0 Å². The Hall–Kier alpha value is -0.540. The molecule has 0 atom stereocenters. The molecule has 1 aromatic carbocycles. The van der Waals surface area contributed by atoms with Gasteiger partial charge in [0.05, 0.1) is 0 Å². The minimum Gasteiger partial charge on any atom is -0.398 e. The number of thiophene rings is 1. The van der Waals surface area contributed by atoms with Crippen molar-refractivity contribution in [3.8, 4) is 0 Å². The summed E-state index contributed by atoms with van der Waals surface area (Å²) >= 11 is 5.16. The average molecular weight is 242 g/mol. The molecule has 0 saturated carbocycles. The van der Waals surface area contributed by atoms with Gasteiger partial charge < -0.3 is 5.73 Å². The summed E-state index contributed by atoms with van der Waals surface area (Å²) < 4.78 is 2.27. The van der Waals surface area contributed by atoms with Crippen molar-refractivity contribution in [2.45, 2.75) is 6.92 Å². The van der Waals surface area contributed by atoms with Crippen molar-refractivity contribution < 1.29 is 0 Å². The van der Waals surface area contributed by atoms with Crippen LogP contribution in [0.1, 0.15) is 5.56 Å². The van der Waals surface area contributed by atoms with E-state index >= 15 is 0 Å². The molecule has 0 saturated heterocycles. The molecule has 3 heteroatoms. The molecule has 2 rings (SSSR count). The first kappa shape index (κ1) is 8.08. The quantitative estimate of drug-likeness (QED) is 0.702. The van der Waals surface area contributed by atoms with Crippen molar-refractivity contribution in [1.29, 1.82) is 0 Å². The molecule has 0 aliphatic rings. The van der Waals surface area contributed by atoms with Crippen molar-refractivity contribution in [2.75, 3.05) is 5.73 Å². The van der Waals surface area contributed by atoms with E-state index in [2.05, 4.69) is 34.3 Å². The highest BCUT2D eigenvalue weighted by atomic mass is 79.9. The Labute approximate surface area is 83.3 Å². The topological polar surface area (TPSA) is 26.0 Å². The van der Waals surface area contributed by atoms with Crippen LogP contribution in [0.4, 0.5) is 5.69 Å². The van der Waals surface area contributed by atoms with Crippen LogP contribution >= 0.6 is 27.3 Å². The molecule has 0 amide bonds. The Morgan fingerprint density at radius 2 is 2.17 bits per heavy atom. The molecule has 1 nitrogen and oxygen atoms in total. The molecule has 0 aliphatic carbocycles. The lowest BCUT2D eigenvalue weighted by Gasteiger charge is -1.98. The van der Waals surface area contributed by atoms with E-state index in [4.69, 9.17) is 5.73 Å². The van der Waals surface area contributed by atoms with Crippen molar-refractivity contribution >= 4 is 43.0 Å². The molecular formula is C9H8BrNS. The Bertz CT molecular complexity index is 433. The summed E-state index contributed by atoms with van der Waals surface area (Å²) in [5.41, 5.74) is 7.88. The summed E-state index contributed by atoms with van der Waals surface area (Å²) in [5.74, 6) is 0. The molecule has 0 unspecified atom stereocenters. The summed E-state index contributed by atoms with van der Waals surface area (Å²) in [6.45, 7) is 2.10. The van der Waals surface area contributed by atoms with Gasteiger partial charge in [-0.1, -0.05) is 0 Å². The van der Waals surface area contributed by atoms with Gasteiger partial charge in [-0.25, -0.2) is 0 Å². The maximum absolute atomic E-state index is 5.77. The lowest BCUT2D eigenvalue weighted by atomic mass is 10.2. The smallest absolute Gasteiger partial charge is 0.0465 e. The molecule has 12 heavy (non-hydrogen) atoms. The van der Waals surface area contributed by atoms with Gasteiger partial charge in [-0.3, -0.25) is 0 Å². The Kier molecular flexibility index (Phi) is 1.85. The standard InChI is InChI=1S/C9H8BrNS/c1-5-4-12-9-3-7(10)8(11)2-6(5)9/h2-4H,11H2,1H3. The Balaban J connectivity index is 2.87. The molecule has 1 heterocycles. The fourth-order valence-electron chi connectivity index (χ4n) is 1.19. The van der Waals surface area contributed by atoms with Crippen LogP contribution in [-0.4, -0.2) is 0 Å². The van der Waals surface area contributed by atoms with Gasteiger partial charge in [-0.05, 0) is 51.3 Å². The van der Waals surface area contributed by atoms with Gasteiger partial charge in [0.2, 0.25) is 0 Å². The summed E-state index contributed by atoms with van der Waals surface area (Å²) in [5, 5.41) is 3.41. The van der Waals surface area contributed by atoms with Crippen molar-refractivity contribution in [3.05, 3.63) is 27.5 Å². The fourth-order valence-corrected chi connectivity index (χ4v) is 2.65. The van der Waals surface area contributed by atoms with Crippen LogP contribution in [0.3, 0.4) is 0 Å². The van der Waals surface area contributed by atoms with Gasteiger partial charge in [0, 0.05) is 14.9 Å². The van der Waals surface area contributed by atoms with Gasteiger partial charge >= 0.3 is 0 Å². The number of hydrogen-bond acceptors (Lipinski definition) is 2. The number of halogens is 1. The number of nitrogens with two attached hydrogens (primary N) is 1. The van der Waals surface area contributed by atoms with Crippen LogP contribution < -0.4 is 5.73 Å². The van der Waals surface area contributed by atoms with Crippen LogP contribution in [0, 0.1) is 6.92 Å². The SMILES string of the molecule is Cc1csc2cc(Br)c(N)cc12. The zero-order valence-corrected chi connectivity index (χ0v) is 9.00. The molecule has 0 spiro atoms. The molecule has 0 radical (unpaired) electrons. The minimum atomic E-state index is 0.809. The van der Waals surface area contributed by atoms with Gasteiger partial charge in [0.25, 0.3) is 0 Å². The first-order valence-corrected chi connectivity index (χ1v) is 5.28. The molecule has 0 fully saturated rings. The third-order valence-corrected chi connectivity index (χ3v) is 3.64. The number of rotatable bonds is 0. The minimum absolute atomic E-state index is 0.809. The second-order valence-corrected chi connectivity index (χ2v) is 4.55. The normalized spacial score (nSPS) is 10.8. The third kappa shape index (κ3) is 1.13. The van der Waals surface area contributed by atoms with E-state index in [0.717, 1.165) is 10.2 Å². The van der Waals surface area contributed by atoms with E-state index in [1.165, 1.54) is 15.6 Å². The predicted octanol–water partition coefficient (Wildman–Crippen LogP) is 3.55. The second-order valence-electron chi connectivity index (χ2n) is 2.79. The molecule has 2 aromatic rings. The number of fused-ring (bicyclic) bond motifs is 1. The predicted molar refractivity (Wildman–Crippen MR) is 58.7 cm³/mol. The fraction of sp³-hybridized carbons (Fsp3) is 0.111. The Morgan fingerprint density at radius 1 is 1.42 bits per heavy atom. The van der Waals surface area contributed by atoms with Crippen LogP contribution in [0.5, 0.6) is 0 Å². The van der Waals surface area contributed by atoms with E-state index in [1.807, 2.05) is 6.07 Å². The summed E-state index contributed by atoms with van der Waals surface area (Å²) in [6, 6.07) is 4.09. The molecule has 0 aliphatic heterocycles. The van der Waals surface area contributed by atoms with Crippen LogP contribution in [0.15, 0.2) is 22.0 Å². The molecule has 1 aromatic heterocycles. The van der Waals surface area contributed by atoms with Crippen LogP contribution in [0.2, 0.25) is 0 Å². The zero-order chi connectivity index (χ0) is 8.72. The largest absolute Gasteiger partial charge is 0.398 e. The highest BCUT2D eigenvalue weighted by Crippen LogP contribution is 2.32. The maximum atomic E-state index is 5.77. The average Bonchev–Trinajstić information content (AvgIpc) is 2.35. The number of nitrogen functional groups attached to an aromatic ring is 1.